The maximum Gasteiger partial charge on any atom is 0.137 e. The molecule has 0 bridgehead atoms. The lowest BCUT2D eigenvalue weighted by Crippen LogP contribution is -2.34. The summed E-state index contributed by atoms with van der Waals surface area (Å²) >= 11 is 1.96. The Kier molecular flexibility index (Phi) is 3.96. The average Bonchev–Trinajstić information content (AvgIpc) is 2.47. The number of nitrogens with zero attached hydrogens (tertiary/aromatic N) is 2. The zero-order chi connectivity index (χ0) is 13.9. The predicted molar refractivity (Wildman–Crippen MR) is 87.1 cm³/mol. The molecule has 1 fully saturated rings. The second kappa shape index (κ2) is 5.87. The van der Waals surface area contributed by atoms with Crippen molar-refractivity contribution in [3.05, 3.63) is 24.5 Å². The molecule has 1 aliphatic carbocycles. The van der Waals surface area contributed by atoms with Gasteiger partial charge in [-0.15, -0.1) is 0 Å². The van der Waals surface area contributed by atoms with Crippen LogP contribution in [-0.2, 0) is 0 Å². The maximum absolute atomic E-state index is 5.82. The summed E-state index contributed by atoms with van der Waals surface area (Å²) in [6, 6.07) is 6.30. The molecule has 2 atom stereocenters. The van der Waals surface area contributed by atoms with E-state index in [1.807, 2.05) is 30.0 Å². The Morgan fingerprint density at radius 2 is 2.10 bits per heavy atom. The van der Waals surface area contributed by atoms with Gasteiger partial charge in [-0.05, 0) is 37.3 Å². The Bertz CT molecular complexity index is 601. The number of nitrogens with two attached hydrogens (primary N) is 1. The predicted octanol–water partition coefficient (Wildman–Crippen LogP) is 3.30. The summed E-state index contributed by atoms with van der Waals surface area (Å²) < 4.78 is 0. The summed E-state index contributed by atoms with van der Waals surface area (Å²) in [5, 5.41) is 5.35. The Morgan fingerprint density at radius 1 is 1.25 bits per heavy atom. The lowest BCUT2D eigenvalue weighted by atomic mass is 9.95. The van der Waals surface area contributed by atoms with Gasteiger partial charge in [0.2, 0.25) is 0 Å². The fourth-order valence-electron chi connectivity index (χ4n) is 2.91. The number of hydrogen-bond donors (Lipinski definition) is 2. The standard InChI is InChI=1S/C15H20N4S/c1-20-14-5-3-2-4-12(14)19-15-11-7-6-10(16)8-13(11)17-9-18-15/h6-9,12,14H,2-5,16H2,1H3,(H,17,18,19). The van der Waals surface area contributed by atoms with Crippen LogP contribution in [-0.4, -0.2) is 27.5 Å². The molecule has 2 unspecified atom stereocenters. The molecule has 1 aliphatic rings. The van der Waals surface area contributed by atoms with Crippen LogP contribution < -0.4 is 11.1 Å². The first-order chi connectivity index (χ1) is 9.78. The van der Waals surface area contributed by atoms with Crippen LogP contribution in [0.2, 0.25) is 0 Å². The van der Waals surface area contributed by atoms with Crippen molar-refractivity contribution in [3.63, 3.8) is 0 Å². The smallest absolute Gasteiger partial charge is 0.137 e. The van der Waals surface area contributed by atoms with Gasteiger partial charge in [0, 0.05) is 22.4 Å². The van der Waals surface area contributed by atoms with E-state index in [-0.39, 0.29) is 0 Å². The lowest BCUT2D eigenvalue weighted by Gasteiger charge is -2.31. The molecule has 3 N–H and O–H groups in total. The zero-order valence-corrected chi connectivity index (χ0v) is 12.5. The maximum atomic E-state index is 5.82. The van der Waals surface area contributed by atoms with E-state index in [2.05, 4.69) is 21.5 Å². The highest BCUT2D eigenvalue weighted by Gasteiger charge is 2.24. The molecular formula is C15H20N4S. The van der Waals surface area contributed by atoms with Crippen LogP contribution in [0.4, 0.5) is 11.5 Å². The summed E-state index contributed by atoms with van der Waals surface area (Å²) in [6.45, 7) is 0. The number of anilines is 2. The highest BCUT2D eigenvalue weighted by atomic mass is 32.2. The van der Waals surface area contributed by atoms with Crippen LogP contribution in [0.25, 0.3) is 10.9 Å². The van der Waals surface area contributed by atoms with Gasteiger partial charge < -0.3 is 11.1 Å². The first-order valence-corrected chi connectivity index (χ1v) is 8.36. The van der Waals surface area contributed by atoms with E-state index in [0.29, 0.717) is 11.3 Å². The Labute approximate surface area is 123 Å². The van der Waals surface area contributed by atoms with Gasteiger partial charge in [-0.2, -0.15) is 11.8 Å². The van der Waals surface area contributed by atoms with E-state index in [4.69, 9.17) is 5.73 Å². The Balaban J connectivity index is 1.90. The van der Waals surface area contributed by atoms with Gasteiger partial charge >= 0.3 is 0 Å². The van der Waals surface area contributed by atoms with Crippen LogP contribution in [0.5, 0.6) is 0 Å². The lowest BCUT2D eigenvalue weighted by molar-refractivity contribution is 0.474. The number of nitrogen functional groups attached to an aromatic ring is 1. The van der Waals surface area contributed by atoms with E-state index in [0.717, 1.165) is 22.4 Å². The number of thioether (sulfide) groups is 1. The van der Waals surface area contributed by atoms with Gasteiger partial charge in [0.15, 0.2) is 0 Å². The molecule has 1 aromatic heterocycles. The van der Waals surface area contributed by atoms with Crippen molar-refractivity contribution < 1.29 is 0 Å². The third-order valence-electron chi connectivity index (χ3n) is 3.99. The van der Waals surface area contributed by atoms with E-state index >= 15 is 0 Å². The fraction of sp³-hybridized carbons (Fsp3) is 0.467. The fourth-order valence-corrected chi connectivity index (χ4v) is 3.84. The van der Waals surface area contributed by atoms with E-state index < -0.39 is 0 Å². The van der Waals surface area contributed by atoms with Gasteiger partial charge in [0.25, 0.3) is 0 Å². The molecule has 4 nitrogen and oxygen atoms in total. The molecule has 0 saturated heterocycles. The molecule has 1 saturated carbocycles. The second-order valence-corrected chi connectivity index (χ2v) is 6.39. The van der Waals surface area contributed by atoms with Crippen LogP contribution in [0.1, 0.15) is 25.7 Å². The Hall–Kier alpha value is -1.49. The third-order valence-corrected chi connectivity index (χ3v) is 5.16. The quantitative estimate of drug-likeness (QED) is 0.848. The second-order valence-electron chi connectivity index (χ2n) is 5.31. The number of nitrogens with one attached hydrogen (secondary N) is 1. The third kappa shape index (κ3) is 2.68. The molecular weight excluding hydrogens is 268 g/mol. The van der Waals surface area contributed by atoms with Crippen molar-refractivity contribution in [1.29, 1.82) is 0 Å². The van der Waals surface area contributed by atoms with E-state index in [1.54, 1.807) is 6.33 Å². The summed E-state index contributed by atoms with van der Waals surface area (Å²) in [7, 11) is 0. The van der Waals surface area contributed by atoms with Crippen LogP contribution in [0, 0.1) is 0 Å². The minimum absolute atomic E-state index is 0.495. The summed E-state index contributed by atoms with van der Waals surface area (Å²) in [5.74, 6) is 0.931. The summed E-state index contributed by atoms with van der Waals surface area (Å²) in [5.41, 5.74) is 7.46. The van der Waals surface area contributed by atoms with Crippen LogP contribution in [0.3, 0.4) is 0 Å². The van der Waals surface area contributed by atoms with Gasteiger partial charge in [-0.3, -0.25) is 0 Å². The summed E-state index contributed by atoms with van der Waals surface area (Å²) in [4.78, 5) is 8.73. The highest BCUT2D eigenvalue weighted by molar-refractivity contribution is 7.99. The number of hydrogen-bond acceptors (Lipinski definition) is 5. The van der Waals surface area contributed by atoms with Gasteiger partial charge in [0.05, 0.1) is 5.52 Å². The first kappa shape index (κ1) is 13.5. The van der Waals surface area contributed by atoms with Crippen LogP contribution >= 0.6 is 11.8 Å². The van der Waals surface area contributed by atoms with Crippen molar-refractivity contribution in [2.24, 2.45) is 0 Å². The van der Waals surface area contributed by atoms with Crippen molar-refractivity contribution in [2.45, 2.75) is 37.0 Å². The molecule has 0 radical (unpaired) electrons. The van der Waals surface area contributed by atoms with Gasteiger partial charge in [-0.1, -0.05) is 12.8 Å². The van der Waals surface area contributed by atoms with Crippen molar-refractivity contribution in [3.8, 4) is 0 Å². The molecule has 20 heavy (non-hydrogen) atoms. The zero-order valence-electron chi connectivity index (χ0n) is 11.7. The first-order valence-electron chi connectivity index (χ1n) is 7.07. The number of rotatable bonds is 3. The number of aromatic nitrogens is 2. The van der Waals surface area contributed by atoms with Crippen molar-refractivity contribution in [1.82, 2.24) is 9.97 Å². The summed E-state index contributed by atoms with van der Waals surface area (Å²) in [6.07, 6.45) is 8.95. The molecule has 0 amide bonds. The van der Waals surface area contributed by atoms with Gasteiger partial charge in [0.1, 0.15) is 12.1 Å². The molecule has 1 aromatic carbocycles. The minimum atomic E-state index is 0.495. The van der Waals surface area contributed by atoms with Crippen LogP contribution in [0.15, 0.2) is 24.5 Å². The number of benzene rings is 1. The SMILES string of the molecule is CSC1CCCCC1Nc1ncnc2cc(N)ccc12. The number of fused-ring (bicyclic) bond motifs is 1. The molecule has 2 aromatic rings. The van der Waals surface area contributed by atoms with Gasteiger partial charge in [-0.25, -0.2) is 9.97 Å². The monoisotopic (exact) mass is 288 g/mol. The molecule has 3 rings (SSSR count). The minimum Gasteiger partial charge on any atom is -0.399 e. The van der Waals surface area contributed by atoms with E-state index in [9.17, 15) is 0 Å². The average molecular weight is 288 g/mol. The van der Waals surface area contributed by atoms with Crippen molar-refractivity contribution >= 4 is 34.2 Å². The molecule has 5 heteroatoms. The topological polar surface area (TPSA) is 63.8 Å². The molecule has 1 heterocycles. The van der Waals surface area contributed by atoms with E-state index in [1.165, 1.54) is 25.7 Å². The normalized spacial score (nSPS) is 22.9. The largest absolute Gasteiger partial charge is 0.399 e. The molecule has 106 valence electrons. The highest BCUT2D eigenvalue weighted by Crippen LogP contribution is 2.30. The molecule has 0 spiro atoms. The van der Waals surface area contributed by atoms with Crippen molar-refractivity contribution in [2.75, 3.05) is 17.3 Å². The molecule has 0 aliphatic heterocycles. The Morgan fingerprint density at radius 3 is 2.95 bits per heavy atom.